The summed E-state index contributed by atoms with van der Waals surface area (Å²) in [5, 5.41) is 17.9. The van der Waals surface area contributed by atoms with E-state index in [9.17, 15) is 13.2 Å². The standard InChI is InChI=1S/C24H27N3O4S/c1-24(23(28)26-29,32(2,30)31)13-16-27-14-11-22(12-15-27)21-9-7-20(8-10-21)19-5-3-18(17-25)4-6-19/h3-11,29H,12-16H2,1-2H3,(H,26,28). The number of carbonyl (C=O) groups excluding carboxylic acids is 1. The smallest absolute Gasteiger partial charge is 0.264 e. The van der Waals surface area contributed by atoms with Gasteiger partial charge in [-0.2, -0.15) is 5.26 Å². The number of hydrogen-bond acceptors (Lipinski definition) is 6. The van der Waals surface area contributed by atoms with Gasteiger partial charge < -0.3 is 0 Å². The van der Waals surface area contributed by atoms with E-state index in [4.69, 9.17) is 10.5 Å². The molecule has 2 N–H and O–H groups in total. The lowest BCUT2D eigenvalue weighted by Gasteiger charge is -2.31. The monoisotopic (exact) mass is 453 g/mol. The largest absolute Gasteiger partial charge is 0.299 e. The van der Waals surface area contributed by atoms with Crippen LogP contribution in [0.15, 0.2) is 54.6 Å². The fourth-order valence-electron chi connectivity index (χ4n) is 3.75. The second kappa shape index (κ2) is 9.65. The van der Waals surface area contributed by atoms with Crippen molar-refractivity contribution in [1.29, 1.82) is 5.26 Å². The zero-order valence-corrected chi connectivity index (χ0v) is 19.0. The van der Waals surface area contributed by atoms with E-state index in [1.54, 1.807) is 12.1 Å². The van der Waals surface area contributed by atoms with Crippen LogP contribution in [0.25, 0.3) is 16.7 Å². The van der Waals surface area contributed by atoms with E-state index in [2.05, 4.69) is 41.3 Å². The summed E-state index contributed by atoms with van der Waals surface area (Å²) in [5.74, 6) is -0.907. The van der Waals surface area contributed by atoms with E-state index in [-0.39, 0.29) is 6.42 Å². The van der Waals surface area contributed by atoms with Crippen LogP contribution < -0.4 is 5.48 Å². The molecule has 0 fully saturated rings. The van der Waals surface area contributed by atoms with Crippen molar-refractivity contribution < 1.29 is 18.4 Å². The number of hydroxylamine groups is 1. The minimum absolute atomic E-state index is 0.0979. The lowest BCUT2D eigenvalue weighted by molar-refractivity contribution is -0.131. The van der Waals surface area contributed by atoms with E-state index < -0.39 is 20.5 Å². The third kappa shape index (κ3) is 5.07. The van der Waals surface area contributed by atoms with Crippen molar-refractivity contribution in [1.82, 2.24) is 10.4 Å². The van der Waals surface area contributed by atoms with Crippen LogP contribution in [0, 0.1) is 11.3 Å². The Morgan fingerprint density at radius 3 is 2.16 bits per heavy atom. The summed E-state index contributed by atoms with van der Waals surface area (Å²) in [6.07, 6.45) is 4.06. The predicted octanol–water partition coefficient (Wildman–Crippen LogP) is 3.01. The molecule has 0 aliphatic carbocycles. The summed E-state index contributed by atoms with van der Waals surface area (Å²) in [6.45, 7) is 3.18. The predicted molar refractivity (Wildman–Crippen MR) is 123 cm³/mol. The number of benzene rings is 2. The maximum Gasteiger partial charge on any atom is 0.264 e. The molecular formula is C24H27N3O4S. The molecule has 1 amide bonds. The number of sulfone groups is 1. The van der Waals surface area contributed by atoms with Gasteiger partial charge in [0.2, 0.25) is 0 Å². The molecule has 1 unspecified atom stereocenters. The number of nitriles is 1. The summed E-state index contributed by atoms with van der Waals surface area (Å²) < 4.78 is 22.5. The van der Waals surface area contributed by atoms with Gasteiger partial charge in [0.25, 0.3) is 5.91 Å². The molecule has 0 bridgehead atoms. The molecular weight excluding hydrogens is 426 g/mol. The van der Waals surface area contributed by atoms with Crippen molar-refractivity contribution in [2.45, 2.75) is 24.5 Å². The lowest BCUT2D eigenvalue weighted by Crippen LogP contribution is -2.51. The van der Waals surface area contributed by atoms with E-state index in [1.807, 2.05) is 12.1 Å². The molecule has 1 atom stereocenters. The van der Waals surface area contributed by atoms with Crippen molar-refractivity contribution >= 4 is 21.3 Å². The van der Waals surface area contributed by atoms with Gasteiger partial charge in [-0.15, -0.1) is 0 Å². The molecule has 1 heterocycles. The molecule has 2 aromatic rings. The van der Waals surface area contributed by atoms with Gasteiger partial charge in [0.15, 0.2) is 14.6 Å². The Morgan fingerprint density at radius 1 is 1.12 bits per heavy atom. The maximum atomic E-state index is 12.1. The van der Waals surface area contributed by atoms with Gasteiger partial charge in [0.1, 0.15) is 0 Å². The zero-order chi connectivity index (χ0) is 23.4. The first-order chi connectivity index (χ1) is 15.2. The number of hydrogen-bond donors (Lipinski definition) is 2. The molecule has 7 nitrogen and oxygen atoms in total. The Labute approximate surface area is 188 Å². The molecule has 168 valence electrons. The van der Waals surface area contributed by atoms with Gasteiger partial charge >= 0.3 is 0 Å². The van der Waals surface area contributed by atoms with Crippen molar-refractivity contribution in [3.05, 3.63) is 65.7 Å². The molecule has 1 aliphatic rings. The Hall–Kier alpha value is -2.99. The summed E-state index contributed by atoms with van der Waals surface area (Å²) in [6, 6.07) is 17.9. The Bertz CT molecular complexity index is 1150. The number of carbonyl (C=O) groups is 1. The quantitative estimate of drug-likeness (QED) is 0.493. The van der Waals surface area contributed by atoms with Crippen LogP contribution in [0.4, 0.5) is 0 Å². The van der Waals surface area contributed by atoms with Crippen LogP contribution in [0.1, 0.15) is 30.9 Å². The SMILES string of the molecule is CC(CCN1CC=C(c2ccc(-c3ccc(C#N)cc3)cc2)CC1)(C(=O)NO)S(C)(=O)=O. The Balaban J connectivity index is 1.64. The molecule has 0 aromatic heterocycles. The van der Waals surface area contributed by atoms with E-state index in [1.165, 1.54) is 18.0 Å². The van der Waals surface area contributed by atoms with E-state index >= 15 is 0 Å². The summed E-state index contributed by atoms with van der Waals surface area (Å²) in [7, 11) is -3.69. The van der Waals surface area contributed by atoms with Crippen molar-refractivity contribution in [3.63, 3.8) is 0 Å². The van der Waals surface area contributed by atoms with Gasteiger partial charge in [-0.1, -0.05) is 42.5 Å². The maximum absolute atomic E-state index is 12.1. The van der Waals surface area contributed by atoms with Gasteiger partial charge in [-0.25, -0.2) is 13.9 Å². The molecule has 0 spiro atoms. The minimum atomic E-state index is -3.69. The normalized spacial score (nSPS) is 16.5. The van der Waals surface area contributed by atoms with Gasteiger partial charge in [0, 0.05) is 25.9 Å². The molecule has 32 heavy (non-hydrogen) atoms. The van der Waals surface area contributed by atoms with Gasteiger partial charge in [0.05, 0.1) is 11.6 Å². The van der Waals surface area contributed by atoms with Crippen LogP contribution >= 0.6 is 0 Å². The van der Waals surface area contributed by atoms with Crippen LogP contribution in [0.5, 0.6) is 0 Å². The fraction of sp³-hybridized carbons (Fsp3) is 0.333. The molecule has 8 heteroatoms. The van der Waals surface area contributed by atoms with Crippen molar-refractivity contribution in [2.75, 3.05) is 25.9 Å². The summed E-state index contributed by atoms with van der Waals surface area (Å²) in [4.78, 5) is 14.1. The highest BCUT2D eigenvalue weighted by atomic mass is 32.2. The van der Waals surface area contributed by atoms with Crippen LogP contribution in [0.3, 0.4) is 0 Å². The highest BCUT2D eigenvalue weighted by Crippen LogP contribution is 2.27. The van der Waals surface area contributed by atoms with Crippen molar-refractivity contribution in [3.8, 4) is 17.2 Å². The second-order valence-corrected chi connectivity index (χ2v) is 10.7. The first kappa shape index (κ1) is 23.7. The van der Waals surface area contributed by atoms with Gasteiger partial charge in [-0.3, -0.25) is 14.9 Å². The third-order valence-electron chi connectivity index (χ3n) is 6.20. The van der Waals surface area contributed by atoms with Crippen LogP contribution in [-0.4, -0.2) is 55.1 Å². The molecule has 0 radical (unpaired) electrons. The molecule has 3 rings (SSSR count). The zero-order valence-electron chi connectivity index (χ0n) is 18.2. The molecule has 0 saturated heterocycles. The Morgan fingerprint density at radius 2 is 1.69 bits per heavy atom. The second-order valence-electron chi connectivity index (χ2n) is 8.24. The summed E-state index contributed by atoms with van der Waals surface area (Å²) in [5.41, 5.74) is 6.63. The number of rotatable bonds is 7. The lowest BCUT2D eigenvalue weighted by atomic mass is 9.96. The highest BCUT2D eigenvalue weighted by molar-refractivity contribution is 7.92. The number of nitrogens with one attached hydrogen (secondary N) is 1. The van der Waals surface area contributed by atoms with E-state index in [0.717, 1.165) is 35.9 Å². The molecule has 2 aromatic carbocycles. The van der Waals surface area contributed by atoms with Crippen molar-refractivity contribution in [2.24, 2.45) is 0 Å². The molecule has 0 saturated carbocycles. The van der Waals surface area contributed by atoms with E-state index in [0.29, 0.717) is 18.7 Å². The first-order valence-electron chi connectivity index (χ1n) is 10.3. The third-order valence-corrected chi connectivity index (χ3v) is 8.23. The van der Waals surface area contributed by atoms with Crippen LogP contribution in [-0.2, 0) is 14.6 Å². The highest BCUT2D eigenvalue weighted by Gasteiger charge is 2.43. The minimum Gasteiger partial charge on any atom is -0.299 e. The number of nitrogens with zero attached hydrogens (tertiary/aromatic N) is 2. The molecule has 1 aliphatic heterocycles. The average Bonchev–Trinajstić information content (AvgIpc) is 2.81. The first-order valence-corrected chi connectivity index (χ1v) is 12.2. The fourth-order valence-corrected chi connectivity index (χ4v) is 4.59. The number of amides is 1. The van der Waals surface area contributed by atoms with Crippen LogP contribution in [0.2, 0.25) is 0 Å². The topological polar surface area (TPSA) is 110 Å². The summed E-state index contributed by atoms with van der Waals surface area (Å²) >= 11 is 0. The Kier molecular flexibility index (Phi) is 7.14. The van der Waals surface area contributed by atoms with Gasteiger partial charge in [-0.05, 0) is 54.2 Å². The average molecular weight is 454 g/mol.